The molecule has 1 aliphatic carbocycles. The van der Waals surface area contributed by atoms with Crippen molar-refractivity contribution in [2.45, 2.75) is 32.1 Å². The minimum absolute atomic E-state index is 0.698. The largest absolute Gasteiger partial charge is 0.337 e. The molecule has 3 heteroatoms. The monoisotopic (exact) mass is 276 g/mol. The Morgan fingerprint density at radius 3 is 2.92 bits per heavy atom. The molecule has 1 aliphatic rings. The van der Waals surface area contributed by atoms with Gasteiger partial charge in [-0.05, 0) is 47.8 Å². The maximum atomic E-state index is 4.37. The van der Waals surface area contributed by atoms with Gasteiger partial charge in [0.15, 0.2) is 0 Å². The van der Waals surface area contributed by atoms with E-state index in [9.17, 15) is 0 Å². The number of nitrogens with one attached hydrogen (secondary N) is 1. The maximum absolute atomic E-state index is 4.37. The van der Waals surface area contributed by atoms with Gasteiger partial charge in [0.1, 0.15) is 5.82 Å². The summed E-state index contributed by atoms with van der Waals surface area (Å²) in [6.45, 7) is 2.33. The van der Waals surface area contributed by atoms with Gasteiger partial charge < -0.3 is 4.98 Å². The third kappa shape index (κ3) is 1.65. The molecule has 1 heterocycles. The third-order valence-electron chi connectivity index (χ3n) is 2.65. The quantitative estimate of drug-likeness (QED) is 0.785. The number of rotatable bonds is 1. The summed E-state index contributed by atoms with van der Waals surface area (Å²) in [4.78, 5) is 7.68. The van der Waals surface area contributed by atoms with Crippen molar-refractivity contribution < 1.29 is 0 Å². The van der Waals surface area contributed by atoms with E-state index in [0.717, 1.165) is 9.62 Å². The van der Waals surface area contributed by atoms with Crippen molar-refractivity contribution in [3.05, 3.63) is 15.7 Å². The number of hydrogen-bond donors (Lipinski definition) is 1. The standard InChI is InChI=1S/C9H13IN2/c1-6-2-3-7(4-6)9-11-5-8(10)12-9/h5-7H,2-4H2,1H3,(H,11,12)/t6-,7-/m0/s1. The zero-order valence-electron chi connectivity index (χ0n) is 7.18. The average Bonchev–Trinajstić information content (AvgIpc) is 2.58. The van der Waals surface area contributed by atoms with E-state index in [-0.39, 0.29) is 0 Å². The highest BCUT2D eigenvalue weighted by molar-refractivity contribution is 14.1. The summed E-state index contributed by atoms with van der Waals surface area (Å²) in [7, 11) is 0. The van der Waals surface area contributed by atoms with Crippen molar-refractivity contribution in [1.82, 2.24) is 9.97 Å². The molecular formula is C9H13IN2. The first-order chi connectivity index (χ1) is 5.75. The van der Waals surface area contributed by atoms with Gasteiger partial charge in [-0.25, -0.2) is 4.98 Å². The van der Waals surface area contributed by atoms with Crippen LogP contribution in [0.5, 0.6) is 0 Å². The van der Waals surface area contributed by atoms with Gasteiger partial charge in [-0.15, -0.1) is 0 Å². The van der Waals surface area contributed by atoms with Gasteiger partial charge in [0.25, 0.3) is 0 Å². The van der Waals surface area contributed by atoms with E-state index in [4.69, 9.17) is 0 Å². The molecular weight excluding hydrogens is 263 g/mol. The summed E-state index contributed by atoms with van der Waals surface area (Å²) in [5.74, 6) is 2.78. The molecule has 1 saturated carbocycles. The van der Waals surface area contributed by atoms with E-state index in [0.29, 0.717) is 5.92 Å². The molecule has 66 valence electrons. The fraction of sp³-hybridized carbons (Fsp3) is 0.667. The van der Waals surface area contributed by atoms with Crippen LogP contribution >= 0.6 is 22.6 Å². The minimum Gasteiger partial charge on any atom is -0.337 e. The molecule has 1 fully saturated rings. The first-order valence-corrected chi connectivity index (χ1v) is 5.54. The summed E-state index contributed by atoms with van der Waals surface area (Å²) < 4.78 is 1.15. The lowest BCUT2D eigenvalue weighted by Gasteiger charge is -2.04. The molecule has 1 N–H and O–H groups in total. The Labute approximate surface area is 86.3 Å². The molecule has 0 saturated heterocycles. The number of nitrogens with zero attached hydrogens (tertiary/aromatic N) is 1. The molecule has 0 spiro atoms. The summed E-state index contributed by atoms with van der Waals surface area (Å²) in [6, 6.07) is 0. The number of aromatic amines is 1. The van der Waals surface area contributed by atoms with Crippen LogP contribution in [0.4, 0.5) is 0 Å². The second-order valence-corrected chi connectivity index (χ2v) is 4.89. The van der Waals surface area contributed by atoms with Crippen molar-refractivity contribution in [3.63, 3.8) is 0 Å². The van der Waals surface area contributed by atoms with Crippen LogP contribution in [0.25, 0.3) is 0 Å². The van der Waals surface area contributed by atoms with Crippen LogP contribution in [0, 0.1) is 9.62 Å². The molecule has 2 rings (SSSR count). The molecule has 0 unspecified atom stereocenters. The molecule has 0 bridgehead atoms. The smallest absolute Gasteiger partial charge is 0.109 e. The Balaban J connectivity index is 2.11. The fourth-order valence-corrected chi connectivity index (χ4v) is 2.39. The molecule has 0 aliphatic heterocycles. The Bertz CT molecular complexity index is 269. The average molecular weight is 276 g/mol. The van der Waals surface area contributed by atoms with Gasteiger partial charge in [0, 0.05) is 5.92 Å². The molecule has 0 radical (unpaired) electrons. The van der Waals surface area contributed by atoms with Crippen LogP contribution in [-0.4, -0.2) is 9.97 Å². The predicted molar refractivity (Wildman–Crippen MR) is 57.1 cm³/mol. The van der Waals surface area contributed by atoms with Crippen molar-refractivity contribution in [1.29, 1.82) is 0 Å². The van der Waals surface area contributed by atoms with E-state index < -0.39 is 0 Å². The molecule has 0 aromatic carbocycles. The topological polar surface area (TPSA) is 28.7 Å². The Kier molecular flexibility index (Phi) is 2.39. The number of hydrogen-bond acceptors (Lipinski definition) is 1. The second-order valence-electron chi connectivity index (χ2n) is 3.73. The summed E-state index contributed by atoms with van der Waals surface area (Å²) in [5.41, 5.74) is 0. The molecule has 2 nitrogen and oxygen atoms in total. The van der Waals surface area contributed by atoms with Crippen LogP contribution in [0.15, 0.2) is 6.20 Å². The lowest BCUT2D eigenvalue weighted by atomic mass is 10.1. The Morgan fingerprint density at radius 1 is 1.58 bits per heavy atom. The molecule has 2 atom stereocenters. The van der Waals surface area contributed by atoms with E-state index in [1.54, 1.807) is 0 Å². The zero-order chi connectivity index (χ0) is 8.55. The van der Waals surface area contributed by atoms with Crippen LogP contribution in [0.3, 0.4) is 0 Å². The van der Waals surface area contributed by atoms with E-state index in [1.165, 1.54) is 25.1 Å². The predicted octanol–water partition coefficient (Wildman–Crippen LogP) is 2.92. The summed E-state index contributed by atoms with van der Waals surface area (Å²) >= 11 is 2.27. The van der Waals surface area contributed by atoms with Gasteiger partial charge in [-0.1, -0.05) is 6.92 Å². The molecule has 1 aromatic heterocycles. The van der Waals surface area contributed by atoms with E-state index in [2.05, 4.69) is 39.5 Å². The van der Waals surface area contributed by atoms with Gasteiger partial charge >= 0.3 is 0 Å². The molecule has 0 amide bonds. The van der Waals surface area contributed by atoms with Gasteiger partial charge in [0.2, 0.25) is 0 Å². The van der Waals surface area contributed by atoms with Gasteiger partial charge in [0.05, 0.1) is 9.90 Å². The number of H-pyrrole nitrogens is 1. The van der Waals surface area contributed by atoms with Crippen molar-refractivity contribution >= 4 is 22.6 Å². The Hall–Kier alpha value is -0.0600. The van der Waals surface area contributed by atoms with Gasteiger partial charge in [-0.2, -0.15) is 0 Å². The summed E-state index contributed by atoms with van der Waals surface area (Å²) in [5, 5.41) is 0. The lowest BCUT2D eigenvalue weighted by molar-refractivity contribution is 0.587. The summed E-state index contributed by atoms with van der Waals surface area (Å²) in [6.07, 6.45) is 5.90. The molecule has 12 heavy (non-hydrogen) atoms. The van der Waals surface area contributed by atoms with Crippen molar-refractivity contribution in [3.8, 4) is 0 Å². The molecule has 1 aromatic rings. The zero-order valence-corrected chi connectivity index (χ0v) is 9.34. The van der Waals surface area contributed by atoms with Crippen LogP contribution < -0.4 is 0 Å². The van der Waals surface area contributed by atoms with Crippen LogP contribution in [0.1, 0.15) is 37.9 Å². The lowest BCUT2D eigenvalue weighted by Crippen LogP contribution is -1.95. The SMILES string of the molecule is C[C@H]1CC[C@H](c2ncc(I)[nH]2)C1. The third-order valence-corrected chi connectivity index (χ3v) is 3.19. The fourth-order valence-electron chi connectivity index (χ4n) is 1.98. The first kappa shape index (κ1) is 8.53. The minimum atomic E-state index is 0.698. The van der Waals surface area contributed by atoms with E-state index >= 15 is 0 Å². The highest BCUT2D eigenvalue weighted by atomic mass is 127. The first-order valence-electron chi connectivity index (χ1n) is 4.46. The maximum Gasteiger partial charge on any atom is 0.109 e. The van der Waals surface area contributed by atoms with Crippen molar-refractivity contribution in [2.75, 3.05) is 0 Å². The Morgan fingerprint density at radius 2 is 2.42 bits per heavy atom. The van der Waals surface area contributed by atoms with Crippen LogP contribution in [-0.2, 0) is 0 Å². The van der Waals surface area contributed by atoms with E-state index in [1.807, 2.05) is 6.20 Å². The normalized spacial score (nSPS) is 29.5. The van der Waals surface area contributed by atoms with Gasteiger partial charge in [-0.3, -0.25) is 0 Å². The highest BCUT2D eigenvalue weighted by Crippen LogP contribution is 2.36. The number of imidazole rings is 1. The number of aromatic nitrogens is 2. The number of halogens is 1. The highest BCUT2D eigenvalue weighted by Gasteiger charge is 2.24. The van der Waals surface area contributed by atoms with Crippen molar-refractivity contribution in [2.24, 2.45) is 5.92 Å². The van der Waals surface area contributed by atoms with Crippen LogP contribution in [0.2, 0.25) is 0 Å². The second kappa shape index (κ2) is 3.36.